The Morgan fingerprint density at radius 3 is 2.87 bits per heavy atom. The summed E-state index contributed by atoms with van der Waals surface area (Å²) in [5.74, 6) is -0.776. The van der Waals surface area contributed by atoms with Gasteiger partial charge in [-0.1, -0.05) is 5.11 Å². The van der Waals surface area contributed by atoms with Gasteiger partial charge in [0.05, 0.1) is 18.8 Å². The first kappa shape index (κ1) is 10.7. The van der Waals surface area contributed by atoms with Crippen molar-refractivity contribution in [2.45, 2.75) is 44.2 Å². The van der Waals surface area contributed by atoms with Gasteiger partial charge in [-0.05, 0) is 19.4 Å². The summed E-state index contributed by atoms with van der Waals surface area (Å²) in [7, 11) is 0. The third kappa shape index (κ3) is 1.92. The molecule has 2 heterocycles. The standard InChI is InChI=1S/C8H13N3O4/c1-8(2)14-6-5(12)4(10-11-9)3-13-7(6)15-8/h4-7,12H,3H2,1-2H3. The minimum absolute atomic E-state index is 0.145. The van der Waals surface area contributed by atoms with Crippen LogP contribution in [0.4, 0.5) is 0 Å². The van der Waals surface area contributed by atoms with E-state index in [2.05, 4.69) is 10.0 Å². The topological polar surface area (TPSA) is 96.7 Å². The highest BCUT2D eigenvalue weighted by Crippen LogP contribution is 2.34. The molecule has 15 heavy (non-hydrogen) atoms. The van der Waals surface area contributed by atoms with Gasteiger partial charge in [0.2, 0.25) is 0 Å². The maximum atomic E-state index is 9.85. The Morgan fingerprint density at radius 1 is 1.47 bits per heavy atom. The lowest BCUT2D eigenvalue weighted by Gasteiger charge is -2.31. The smallest absolute Gasteiger partial charge is 0.189 e. The molecule has 7 heteroatoms. The van der Waals surface area contributed by atoms with E-state index in [1.54, 1.807) is 13.8 Å². The second kappa shape index (κ2) is 3.62. The van der Waals surface area contributed by atoms with Crippen molar-refractivity contribution in [3.8, 4) is 0 Å². The van der Waals surface area contributed by atoms with Gasteiger partial charge in [-0.3, -0.25) is 0 Å². The molecule has 1 N–H and O–H groups in total. The summed E-state index contributed by atoms with van der Waals surface area (Å²) in [6, 6.07) is -0.617. The molecule has 2 aliphatic rings. The molecule has 0 radical (unpaired) electrons. The molecule has 0 saturated carbocycles. The number of aliphatic hydroxyl groups excluding tert-OH is 1. The molecule has 0 bridgehead atoms. The summed E-state index contributed by atoms with van der Waals surface area (Å²) in [6.45, 7) is 3.62. The average molecular weight is 215 g/mol. The predicted octanol–water partition coefficient (Wildman–Crippen LogP) is 0.534. The zero-order valence-corrected chi connectivity index (χ0v) is 8.53. The molecular weight excluding hydrogens is 202 g/mol. The highest BCUT2D eigenvalue weighted by Gasteiger charge is 2.50. The third-order valence-corrected chi connectivity index (χ3v) is 2.45. The fourth-order valence-electron chi connectivity index (χ4n) is 1.80. The van der Waals surface area contributed by atoms with E-state index in [4.69, 9.17) is 19.7 Å². The number of hydrogen-bond acceptors (Lipinski definition) is 5. The molecule has 7 nitrogen and oxygen atoms in total. The zero-order chi connectivity index (χ0) is 11.1. The van der Waals surface area contributed by atoms with Crippen LogP contribution >= 0.6 is 0 Å². The number of hydrogen-bond donors (Lipinski definition) is 1. The Morgan fingerprint density at radius 2 is 2.20 bits per heavy atom. The molecule has 0 aromatic rings. The van der Waals surface area contributed by atoms with Crippen molar-refractivity contribution in [2.24, 2.45) is 5.11 Å². The summed E-state index contributed by atoms with van der Waals surface area (Å²) in [4.78, 5) is 2.65. The quantitative estimate of drug-likeness (QED) is 0.392. The van der Waals surface area contributed by atoms with Gasteiger partial charge in [0.25, 0.3) is 0 Å². The fraction of sp³-hybridized carbons (Fsp3) is 1.00. The van der Waals surface area contributed by atoms with Gasteiger partial charge in [-0.15, -0.1) is 0 Å². The molecule has 2 rings (SSSR count). The van der Waals surface area contributed by atoms with Crippen LogP contribution in [0, 0.1) is 0 Å². The minimum atomic E-state index is -0.888. The molecule has 0 aromatic carbocycles. The van der Waals surface area contributed by atoms with Crippen molar-refractivity contribution in [3.63, 3.8) is 0 Å². The van der Waals surface area contributed by atoms with Gasteiger partial charge in [-0.2, -0.15) is 0 Å². The first-order chi connectivity index (χ1) is 7.03. The molecule has 4 unspecified atom stereocenters. The predicted molar refractivity (Wildman–Crippen MR) is 48.7 cm³/mol. The molecule has 0 amide bonds. The first-order valence-electron chi connectivity index (χ1n) is 4.73. The van der Waals surface area contributed by atoms with E-state index in [0.717, 1.165) is 0 Å². The second-order valence-electron chi connectivity index (χ2n) is 4.06. The normalized spacial score (nSPS) is 43.1. The molecule has 2 aliphatic heterocycles. The van der Waals surface area contributed by atoms with Crippen LogP contribution in [0.3, 0.4) is 0 Å². The van der Waals surface area contributed by atoms with Crippen molar-refractivity contribution in [3.05, 3.63) is 10.4 Å². The molecule has 4 atom stereocenters. The maximum absolute atomic E-state index is 9.85. The number of azide groups is 1. The van der Waals surface area contributed by atoms with Gasteiger partial charge < -0.3 is 19.3 Å². The Bertz CT molecular complexity index is 302. The monoisotopic (exact) mass is 215 g/mol. The van der Waals surface area contributed by atoms with Crippen LogP contribution < -0.4 is 0 Å². The van der Waals surface area contributed by atoms with E-state index in [0.29, 0.717) is 0 Å². The van der Waals surface area contributed by atoms with Crippen LogP contribution in [0.25, 0.3) is 10.4 Å². The van der Waals surface area contributed by atoms with Crippen LogP contribution in [0.5, 0.6) is 0 Å². The molecule has 0 spiro atoms. The van der Waals surface area contributed by atoms with E-state index in [1.165, 1.54) is 0 Å². The van der Waals surface area contributed by atoms with Crippen LogP contribution in [-0.2, 0) is 14.2 Å². The third-order valence-electron chi connectivity index (χ3n) is 2.45. The van der Waals surface area contributed by atoms with Crippen molar-refractivity contribution >= 4 is 0 Å². The van der Waals surface area contributed by atoms with Gasteiger partial charge >= 0.3 is 0 Å². The molecular formula is C8H13N3O4. The summed E-state index contributed by atoms with van der Waals surface area (Å²) in [5, 5.41) is 13.3. The lowest BCUT2D eigenvalue weighted by molar-refractivity contribution is -0.197. The molecule has 2 fully saturated rings. The van der Waals surface area contributed by atoms with Crippen LogP contribution in [-0.4, -0.2) is 42.0 Å². The van der Waals surface area contributed by atoms with Crippen molar-refractivity contribution in [1.82, 2.24) is 0 Å². The van der Waals surface area contributed by atoms with Crippen molar-refractivity contribution in [1.29, 1.82) is 0 Å². The molecule has 2 saturated heterocycles. The van der Waals surface area contributed by atoms with Crippen molar-refractivity contribution < 1.29 is 19.3 Å². The lowest BCUT2D eigenvalue weighted by atomic mass is 10.0. The number of fused-ring (bicyclic) bond motifs is 1. The lowest BCUT2D eigenvalue weighted by Crippen LogP contribution is -2.50. The Kier molecular flexibility index (Phi) is 2.57. The first-order valence-corrected chi connectivity index (χ1v) is 4.73. The largest absolute Gasteiger partial charge is 0.390 e. The SMILES string of the molecule is CC1(C)OC2OCC(N=[N+]=[N-])C(O)C2O1. The Labute approximate surface area is 86.6 Å². The zero-order valence-electron chi connectivity index (χ0n) is 8.53. The Balaban J connectivity index is 2.12. The summed E-state index contributed by atoms with van der Waals surface area (Å²) < 4.78 is 16.2. The Hall–Kier alpha value is -0.850. The van der Waals surface area contributed by atoms with E-state index in [1.807, 2.05) is 0 Å². The molecule has 0 aromatic heterocycles. The van der Waals surface area contributed by atoms with Crippen LogP contribution in [0.15, 0.2) is 5.11 Å². The molecule has 84 valence electrons. The van der Waals surface area contributed by atoms with E-state index >= 15 is 0 Å². The summed E-state index contributed by atoms with van der Waals surface area (Å²) in [6.07, 6.45) is -2.06. The summed E-state index contributed by atoms with van der Waals surface area (Å²) in [5.41, 5.74) is 8.30. The van der Waals surface area contributed by atoms with Gasteiger partial charge in [-0.25, -0.2) is 0 Å². The highest BCUT2D eigenvalue weighted by molar-refractivity contribution is 4.92. The van der Waals surface area contributed by atoms with E-state index in [9.17, 15) is 5.11 Å². The van der Waals surface area contributed by atoms with Gasteiger partial charge in [0.15, 0.2) is 12.1 Å². The average Bonchev–Trinajstić information content (AvgIpc) is 2.46. The maximum Gasteiger partial charge on any atom is 0.189 e. The number of rotatable bonds is 1. The van der Waals surface area contributed by atoms with Crippen LogP contribution in [0.2, 0.25) is 0 Å². The number of nitrogens with zero attached hydrogens (tertiary/aromatic N) is 3. The highest BCUT2D eigenvalue weighted by atomic mass is 16.8. The van der Waals surface area contributed by atoms with E-state index < -0.39 is 30.3 Å². The minimum Gasteiger partial charge on any atom is -0.390 e. The van der Waals surface area contributed by atoms with Gasteiger partial charge in [0, 0.05) is 4.91 Å². The molecule has 0 aliphatic carbocycles. The van der Waals surface area contributed by atoms with E-state index in [-0.39, 0.29) is 6.61 Å². The fourth-order valence-corrected chi connectivity index (χ4v) is 1.80. The van der Waals surface area contributed by atoms with Gasteiger partial charge in [0.1, 0.15) is 6.10 Å². The summed E-state index contributed by atoms with van der Waals surface area (Å²) >= 11 is 0. The van der Waals surface area contributed by atoms with Crippen molar-refractivity contribution in [2.75, 3.05) is 6.61 Å². The number of aliphatic hydroxyl groups is 1. The second-order valence-corrected chi connectivity index (χ2v) is 4.06. The number of ether oxygens (including phenoxy) is 3. The van der Waals surface area contributed by atoms with Crippen LogP contribution in [0.1, 0.15) is 13.8 Å².